The van der Waals surface area contributed by atoms with Gasteiger partial charge < -0.3 is 0 Å². The van der Waals surface area contributed by atoms with Crippen LogP contribution in [0.4, 0.5) is 10.1 Å². The van der Waals surface area contributed by atoms with Crippen LogP contribution in [-0.2, 0) is 0 Å². The third kappa shape index (κ3) is 2.73. The van der Waals surface area contributed by atoms with E-state index in [-0.39, 0.29) is 33.0 Å². The van der Waals surface area contributed by atoms with Crippen LogP contribution in [0.2, 0.25) is 5.02 Å². The van der Waals surface area contributed by atoms with E-state index in [9.17, 15) is 18.8 Å². The van der Waals surface area contributed by atoms with Crippen LogP contribution in [0.1, 0.15) is 36.6 Å². The highest BCUT2D eigenvalue weighted by Gasteiger charge is 2.38. The monoisotopic (exact) mass is 379 g/mol. The Kier molecular flexibility index (Phi) is 4.09. The van der Waals surface area contributed by atoms with Gasteiger partial charge in [0.2, 0.25) is 0 Å². The van der Waals surface area contributed by atoms with Gasteiger partial charge in [-0.3, -0.25) is 14.4 Å². The lowest BCUT2D eigenvalue weighted by Crippen LogP contribution is -2.31. The third-order valence-corrected chi connectivity index (χ3v) is 4.59. The Morgan fingerprint density at radius 3 is 2.04 bits per heavy atom. The lowest BCUT2D eigenvalue weighted by Gasteiger charge is -2.18. The Bertz CT molecular complexity index is 1090. The molecule has 1 heterocycles. The first-order valence-corrected chi connectivity index (χ1v) is 8.43. The highest BCUT2D eigenvalue weighted by atomic mass is 35.5. The minimum Gasteiger partial charge on any atom is -0.288 e. The van der Waals surface area contributed by atoms with Crippen molar-refractivity contribution in [1.82, 2.24) is 0 Å². The molecule has 4 rings (SSSR count). The van der Waals surface area contributed by atoms with E-state index in [1.165, 1.54) is 42.5 Å². The molecule has 0 atom stereocenters. The lowest BCUT2D eigenvalue weighted by molar-refractivity contribution is 0.0926. The molecule has 1 aliphatic rings. The Morgan fingerprint density at radius 1 is 0.815 bits per heavy atom. The van der Waals surface area contributed by atoms with E-state index in [0.29, 0.717) is 0 Å². The van der Waals surface area contributed by atoms with E-state index in [0.717, 1.165) is 4.90 Å². The number of imide groups is 1. The highest BCUT2D eigenvalue weighted by molar-refractivity contribution is 6.36. The van der Waals surface area contributed by atoms with Gasteiger partial charge in [0.15, 0.2) is 5.78 Å². The first-order chi connectivity index (χ1) is 13.0. The molecule has 3 aromatic carbocycles. The van der Waals surface area contributed by atoms with Crippen molar-refractivity contribution in [3.05, 3.63) is 99.8 Å². The van der Waals surface area contributed by atoms with Gasteiger partial charge in [-0.2, -0.15) is 0 Å². The molecule has 0 unspecified atom stereocenters. The summed E-state index contributed by atoms with van der Waals surface area (Å²) in [6.45, 7) is 0. The summed E-state index contributed by atoms with van der Waals surface area (Å²) in [5.41, 5.74) is 0.377. The first-order valence-electron chi connectivity index (χ1n) is 8.05. The molecule has 0 saturated carbocycles. The maximum atomic E-state index is 14.1. The van der Waals surface area contributed by atoms with Gasteiger partial charge >= 0.3 is 0 Å². The molecule has 4 nitrogen and oxygen atoms in total. The van der Waals surface area contributed by atoms with Crippen LogP contribution in [0.5, 0.6) is 0 Å². The number of nitrogens with zero attached hydrogens (tertiary/aromatic N) is 1. The predicted octanol–water partition coefficient (Wildman–Crippen LogP) is 4.51. The number of hydrogen-bond acceptors (Lipinski definition) is 3. The van der Waals surface area contributed by atoms with Crippen LogP contribution in [0.3, 0.4) is 0 Å². The highest BCUT2D eigenvalue weighted by Crippen LogP contribution is 2.33. The van der Waals surface area contributed by atoms with Crippen molar-refractivity contribution < 1.29 is 18.8 Å². The van der Waals surface area contributed by atoms with Crippen LogP contribution in [0.15, 0.2) is 66.7 Å². The molecule has 0 saturated heterocycles. The van der Waals surface area contributed by atoms with E-state index in [2.05, 4.69) is 0 Å². The van der Waals surface area contributed by atoms with Crippen LogP contribution >= 0.6 is 11.6 Å². The maximum Gasteiger partial charge on any atom is 0.266 e. The summed E-state index contributed by atoms with van der Waals surface area (Å²) in [7, 11) is 0. The fraction of sp³-hybridized carbons (Fsp3) is 0. The van der Waals surface area contributed by atoms with E-state index in [4.69, 9.17) is 11.6 Å². The van der Waals surface area contributed by atoms with Gasteiger partial charge in [-0.05, 0) is 42.5 Å². The first kappa shape index (κ1) is 17.1. The van der Waals surface area contributed by atoms with Crippen molar-refractivity contribution >= 4 is 34.9 Å². The van der Waals surface area contributed by atoms with Crippen molar-refractivity contribution in [2.75, 3.05) is 4.90 Å². The molecule has 0 radical (unpaired) electrons. The van der Waals surface area contributed by atoms with Gasteiger partial charge in [0.25, 0.3) is 11.8 Å². The SMILES string of the molecule is O=C(c1ccccc1F)c1cc(Cl)ccc1N1C(=O)c2ccccc2C1=O. The number of ketones is 1. The zero-order valence-electron chi connectivity index (χ0n) is 13.8. The van der Waals surface area contributed by atoms with E-state index in [1.54, 1.807) is 24.3 Å². The average Bonchev–Trinajstić information content (AvgIpc) is 2.93. The Labute approximate surface area is 158 Å². The third-order valence-electron chi connectivity index (χ3n) is 4.36. The summed E-state index contributed by atoms with van der Waals surface area (Å²) in [5.74, 6) is -2.45. The number of rotatable bonds is 3. The standard InChI is InChI=1S/C21H11ClFNO3/c22-12-9-10-18(16(11-12)19(25)15-7-3-4-8-17(15)23)24-20(26)13-5-1-2-6-14(13)21(24)27/h1-11H. The maximum absolute atomic E-state index is 14.1. The van der Waals surface area contributed by atoms with E-state index < -0.39 is 23.4 Å². The van der Waals surface area contributed by atoms with Crippen molar-refractivity contribution in [2.45, 2.75) is 0 Å². The van der Waals surface area contributed by atoms with Crippen molar-refractivity contribution in [3.63, 3.8) is 0 Å². The average molecular weight is 380 g/mol. The molecule has 0 fully saturated rings. The number of amides is 2. The zero-order valence-corrected chi connectivity index (χ0v) is 14.5. The van der Waals surface area contributed by atoms with E-state index in [1.807, 2.05) is 0 Å². The molecule has 27 heavy (non-hydrogen) atoms. The molecule has 132 valence electrons. The molecule has 2 amide bonds. The van der Waals surface area contributed by atoms with Gasteiger partial charge in [0.1, 0.15) is 5.82 Å². The van der Waals surface area contributed by atoms with Gasteiger partial charge in [-0.1, -0.05) is 35.9 Å². The van der Waals surface area contributed by atoms with Crippen molar-refractivity contribution in [2.24, 2.45) is 0 Å². The Balaban J connectivity index is 1.87. The normalized spacial score (nSPS) is 13.0. The second-order valence-corrected chi connectivity index (χ2v) is 6.40. The Morgan fingerprint density at radius 2 is 1.41 bits per heavy atom. The molecule has 0 spiro atoms. The molecular weight excluding hydrogens is 369 g/mol. The molecular formula is C21H11ClFNO3. The number of hydrogen-bond donors (Lipinski definition) is 0. The van der Waals surface area contributed by atoms with Crippen LogP contribution in [0, 0.1) is 5.82 Å². The summed E-state index contributed by atoms with van der Waals surface area (Å²) < 4.78 is 14.1. The van der Waals surface area contributed by atoms with Gasteiger partial charge in [-0.15, -0.1) is 0 Å². The quantitative estimate of drug-likeness (QED) is 0.497. The molecule has 1 aliphatic heterocycles. The van der Waals surface area contributed by atoms with Crippen LogP contribution in [0.25, 0.3) is 0 Å². The van der Waals surface area contributed by atoms with Crippen LogP contribution < -0.4 is 4.90 Å². The smallest absolute Gasteiger partial charge is 0.266 e. The largest absolute Gasteiger partial charge is 0.288 e. The molecule has 0 N–H and O–H groups in total. The summed E-state index contributed by atoms with van der Waals surface area (Å²) in [6, 6.07) is 16.1. The second kappa shape index (κ2) is 6.45. The minimum atomic E-state index is -0.698. The number of carbonyl (C=O) groups excluding carboxylic acids is 3. The zero-order chi connectivity index (χ0) is 19.1. The van der Waals surface area contributed by atoms with Gasteiger partial charge in [0, 0.05) is 10.6 Å². The van der Waals surface area contributed by atoms with Crippen molar-refractivity contribution in [3.8, 4) is 0 Å². The molecule has 6 heteroatoms. The number of anilines is 1. The summed E-state index contributed by atoms with van der Waals surface area (Å²) in [6.07, 6.45) is 0. The minimum absolute atomic E-state index is 0.0258. The number of halogens is 2. The summed E-state index contributed by atoms with van der Waals surface area (Å²) in [4.78, 5) is 39.4. The van der Waals surface area contributed by atoms with Crippen LogP contribution in [-0.4, -0.2) is 17.6 Å². The second-order valence-electron chi connectivity index (χ2n) is 5.96. The number of carbonyl (C=O) groups is 3. The van der Waals surface area contributed by atoms with E-state index >= 15 is 0 Å². The topological polar surface area (TPSA) is 54.5 Å². The van der Waals surface area contributed by atoms with Gasteiger partial charge in [0.05, 0.1) is 22.4 Å². The number of fused-ring (bicyclic) bond motifs is 1. The lowest BCUT2D eigenvalue weighted by atomic mass is 10.0. The van der Waals surface area contributed by atoms with Crippen molar-refractivity contribution in [1.29, 1.82) is 0 Å². The van der Waals surface area contributed by atoms with Gasteiger partial charge in [-0.25, -0.2) is 9.29 Å². The summed E-state index contributed by atoms with van der Waals surface area (Å²) >= 11 is 6.02. The number of benzene rings is 3. The fourth-order valence-corrected chi connectivity index (χ4v) is 3.26. The summed E-state index contributed by atoms with van der Waals surface area (Å²) in [5, 5.41) is 0.232. The predicted molar refractivity (Wildman–Crippen MR) is 98.9 cm³/mol. The fourth-order valence-electron chi connectivity index (χ4n) is 3.08. The molecule has 3 aromatic rings. The molecule has 0 aliphatic carbocycles. The molecule has 0 bridgehead atoms. The molecule has 0 aromatic heterocycles. The Hall–Kier alpha value is -3.31.